The van der Waals surface area contributed by atoms with E-state index >= 15 is 0 Å². The molecule has 2 heterocycles. The Morgan fingerprint density at radius 3 is 2.43 bits per heavy atom. The molecule has 2 saturated heterocycles. The van der Waals surface area contributed by atoms with Crippen LogP contribution in [-0.4, -0.2) is 88.9 Å². The second kappa shape index (κ2) is 17.8. The molecule has 1 aromatic carbocycles. The van der Waals surface area contributed by atoms with Gasteiger partial charge in [0.15, 0.2) is 0 Å². The second-order valence-electron chi connectivity index (χ2n) is 9.49. The number of ether oxygens (including phenoxy) is 1. The van der Waals surface area contributed by atoms with Crippen LogP contribution in [0.2, 0.25) is 5.02 Å². The molecule has 2 fully saturated rings. The predicted octanol–water partition coefficient (Wildman–Crippen LogP) is 3.36. The van der Waals surface area contributed by atoms with Crippen LogP contribution in [0.4, 0.5) is 4.79 Å². The van der Waals surface area contributed by atoms with E-state index in [0.29, 0.717) is 35.6 Å². The van der Waals surface area contributed by atoms with Crippen molar-refractivity contribution in [2.75, 3.05) is 20.2 Å². The molecule has 5 amide bonds. The van der Waals surface area contributed by atoms with Gasteiger partial charge < -0.3 is 20.0 Å². The van der Waals surface area contributed by atoms with Gasteiger partial charge in [-0.05, 0) is 49.8 Å². The lowest BCUT2D eigenvalue weighted by Gasteiger charge is -2.42. The third-order valence-electron chi connectivity index (χ3n) is 6.69. The van der Waals surface area contributed by atoms with Gasteiger partial charge in [-0.2, -0.15) is 0 Å². The topological polar surface area (TPSA) is 166 Å². The van der Waals surface area contributed by atoms with Gasteiger partial charge in [0, 0.05) is 18.5 Å². The molecule has 14 heteroatoms. The van der Waals surface area contributed by atoms with Gasteiger partial charge in [0.05, 0.1) is 37.2 Å². The van der Waals surface area contributed by atoms with E-state index in [-0.39, 0.29) is 37.3 Å². The fourth-order valence-corrected chi connectivity index (χ4v) is 4.66. The number of methoxy groups -OCH3 is 1. The van der Waals surface area contributed by atoms with Gasteiger partial charge >= 0.3 is 12.0 Å². The number of rotatable bonds is 10. The molecule has 2 aliphatic rings. The van der Waals surface area contributed by atoms with Gasteiger partial charge in [-0.15, -0.1) is 0 Å². The van der Waals surface area contributed by atoms with Crippen LogP contribution in [0.1, 0.15) is 88.6 Å². The molecule has 0 aliphatic carbocycles. The van der Waals surface area contributed by atoms with Crippen molar-refractivity contribution < 1.29 is 38.6 Å². The number of carbonyl (C=O) groups excluding carboxylic acids is 5. The van der Waals surface area contributed by atoms with Gasteiger partial charge in [0.1, 0.15) is 12.0 Å². The van der Waals surface area contributed by atoms with Crippen LogP contribution in [0.3, 0.4) is 0 Å². The summed E-state index contributed by atoms with van der Waals surface area (Å²) in [5, 5.41) is 14.7. The van der Waals surface area contributed by atoms with E-state index in [4.69, 9.17) is 21.4 Å². The van der Waals surface area contributed by atoms with Crippen LogP contribution in [-0.2, 0) is 19.2 Å². The summed E-state index contributed by atoms with van der Waals surface area (Å²) in [7, 11) is 1.55. The van der Waals surface area contributed by atoms with Gasteiger partial charge in [-0.25, -0.2) is 19.8 Å². The van der Waals surface area contributed by atoms with E-state index in [0.717, 1.165) is 24.8 Å². The highest BCUT2D eigenvalue weighted by Gasteiger charge is 2.39. The number of halogens is 1. The summed E-state index contributed by atoms with van der Waals surface area (Å²) < 4.78 is 5.42. The average molecular weight is 612 g/mol. The normalized spacial score (nSPS) is 17.6. The number of aldehydes is 1. The van der Waals surface area contributed by atoms with Crippen molar-refractivity contribution in [2.45, 2.75) is 84.7 Å². The molecule has 0 aromatic heterocycles. The molecular formula is C28H42ClN5O8. The molecule has 3 rings (SSSR count). The van der Waals surface area contributed by atoms with Gasteiger partial charge in [-0.1, -0.05) is 39.3 Å². The lowest BCUT2D eigenvalue weighted by Crippen LogP contribution is -2.60. The lowest BCUT2D eigenvalue weighted by atomic mass is 9.95. The molecule has 13 nitrogen and oxygen atoms in total. The van der Waals surface area contributed by atoms with Crippen molar-refractivity contribution in [3.63, 3.8) is 0 Å². The van der Waals surface area contributed by atoms with Gasteiger partial charge in [-0.3, -0.25) is 24.6 Å². The standard InChI is InChI=1S/C21H29ClN4O4.C5H7NO4.C2H6/c1-5-13(2)16-11-15(12-17(22)19(16)30-4)20(28)23-24-10-8-18(27)25-9-6-7-14(3)26(25)21(24)29;7-2-4(6-3-8)1-5(9)10;1-2/h11-14H,5-10H2,1-4H3,(H,23,28);2-4H,1H2,(H,6,8)(H,9,10);1-2H3. The monoisotopic (exact) mass is 611 g/mol. The first kappa shape index (κ1) is 36.2. The zero-order chi connectivity index (χ0) is 32.0. The smallest absolute Gasteiger partial charge is 0.357 e. The second-order valence-corrected chi connectivity index (χ2v) is 9.90. The Hall–Kier alpha value is -3.87. The molecule has 0 saturated carbocycles. The number of nitrogens with zero attached hydrogens (tertiary/aromatic N) is 3. The number of amides is 5. The first-order chi connectivity index (χ1) is 20.0. The summed E-state index contributed by atoms with van der Waals surface area (Å²) in [4.78, 5) is 68.1. The molecule has 2 aliphatic heterocycles. The Bertz CT molecular complexity index is 1120. The third-order valence-corrected chi connectivity index (χ3v) is 6.97. The number of benzene rings is 1. The van der Waals surface area contributed by atoms with Crippen molar-refractivity contribution in [2.24, 2.45) is 0 Å². The van der Waals surface area contributed by atoms with Crippen LogP contribution >= 0.6 is 11.6 Å². The van der Waals surface area contributed by atoms with Crippen LogP contribution < -0.4 is 15.5 Å². The molecule has 42 heavy (non-hydrogen) atoms. The van der Waals surface area contributed by atoms with Crippen molar-refractivity contribution in [3.8, 4) is 5.75 Å². The Labute approximate surface area is 251 Å². The molecule has 234 valence electrons. The Morgan fingerprint density at radius 1 is 1.21 bits per heavy atom. The minimum absolute atomic E-state index is 0.111. The van der Waals surface area contributed by atoms with E-state index in [1.165, 1.54) is 21.1 Å². The van der Waals surface area contributed by atoms with Crippen molar-refractivity contribution >= 4 is 48.1 Å². The molecular weight excluding hydrogens is 570 g/mol. The van der Waals surface area contributed by atoms with Crippen LogP contribution in [0.15, 0.2) is 12.1 Å². The molecule has 0 bridgehead atoms. The first-order valence-corrected chi connectivity index (χ1v) is 14.3. The van der Waals surface area contributed by atoms with Crippen molar-refractivity contribution in [1.82, 2.24) is 25.8 Å². The van der Waals surface area contributed by atoms with E-state index in [1.807, 2.05) is 39.9 Å². The van der Waals surface area contributed by atoms with E-state index < -0.39 is 23.9 Å². The summed E-state index contributed by atoms with van der Waals surface area (Å²) in [6, 6.07) is 1.86. The number of urea groups is 1. The van der Waals surface area contributed by atoms with Crippen LogP contribution in [0, 0.1) is 0 Å². The zero-order valence-corrected chi connectivity index (χ0v) is 25.8. The maximum Gasteiger partial charge on any atom is 0.357 e. The summed E-state index contributed by atoms with van der Waals surface area (Å²) in [5.74, 6) is -0.991. The van der Waals surface area contributed by atoms with E-state index in [2.05, 4.69) is 5.43 Å². The fraction of sp³-hybridized carbons (Fsp3) is 0.571. The molecule has 3 atom stereocenters. The maximum absolute atomic E-state index is 13.1. The van der Waals surface area contributed by atoms with Crippen LogP contribution in [0.25, 0.3) is 0 Å². The molecule has 0 spiro atoms. The van der Waals surface area contributed by atoms with Gasteiger partial charge in [0.2, 0.25) is 12.3 Å². The summed E-state index contributed by atoms with van der Waals surface area (Å²) in [5.41, 5.74) is 3.85. The number of nitrogens with one attached hydrogen (secondary N) is 2. The Balaban J connectivity index is 0.000000624. The number of aliphatic carboxylic acids is 1. The molecule has 3 unspecified atom stereocenters. The highest BCUT2D eigenvalue weighted by atomic mass is 35.5. The van der Waals surface area contributed by atoms with E-state index in [9.17, 15) is 28.8 Å². The highest BCUT2D eigenvalue weighted by molar-refractivity contribution is 6.32. The number of carboxylic acids is 1. The first-order valence-electron chi connectivity index (χ1n) is 13.9. The number of hydrogen-bond acceptors (Lipinski definition) is 7. The van der Waals surface area contributed by atoms with E-state index in [1.54, 1.807) is 13.2 Å². The number of hydrogen-bond donors (Lipinski definition) is 3. The number of carbonyl (C=O) groups is 6. The largest absolute Gasteiger partial charge is 0.495 e. The third kappa shape index (κ3) is 9.61. The predicted molar refractivity (Wildman–Crippen MR) is 156 cm³/mol. The number of fused-ring (bicyclic) bond motifs is 1. The SMILES string of the molecule is CC.CCC(C)c1cc(C(=O)NN2CCC(=O)N3CCCC(C)N3C2=O)cc(Cl)c1OC.O=CNC(C=O)CC(=O)O. The molecule has 0 radical (unpaired) electrons. The Morgan fingerprint density at radius 2 is 1.88 bits per heavy atom. The van der Waals surface area contributed by atoms with Crippen molar-refractivity contribution in [1.29, 1.82) is 0 Å². The molecule has 1 aromatic rings. The summed E-state index contributed by atoms with van der Waals surface area (Å²) >= 11 is 6.36. The summed E-state index contributed by atoms with van der Waals surface area (Å²) in [6.07, 6.45) is 2.96. The quantitative estimate of drug-likeness (QED) is 0.339. The average Bonchev–Trinajstić information content (AvgIpc) is 3.09. The number of carboxylic acid groups (broad SMARTS) is 1. The van der Waals surface area contributed by atoms with Crippen LogP contribution in [0.5, 0.6) is 5.75 Å². The minimum atomic E-state index is -1.12. The van der Waals surface area contributed by atoms with Crippen molar-refractivity contribution in [3.05, 3.63) is 28.3 Å². The fourth-order valence-electron chi connectivity index (χ4n) is 4.36. The number of hydrazine groups is 2. The van der Waals surface area contributed by atoms with Gasteiger partial charge in [0.25, 0.3) is 5.91 Å². The Kier molecular flexibility index (Phi) is 15.4. The zero-order valence-electron chi connectivity index (χ0n) is 25.0. The highest BCUT2D eigenvalue weighted by Crippen LogP contribution is 2.36. The maximum atomic E-state index is 13.1. The molecule has 3 N–H and O–H groups in total. The minimum Gasteiger partial charge on any atom is -0.495 e. The summed E-state index contributed by atoms with van der Waals surface area (Å²) in [6.45, 7) is 10.6. The lowest BCUT2D eigenvalue weighted by molar-refractivity contribution is -0.149.